The van der Waals surface area contributed by atoms with Crippen LogP contribution < -0.4 is 5.46 Å². The molecule has 0 aliphatic carbocycles. The molecule has 7 aromatic rings. The summed E-state index contributed by atoms with van der Waals surface area (Å²) in [5, 5.41) is 6.90. The van der Waals surface area contributed by atoms with Gasteiger partial charge in [0.15, 0.2) is 0 Å². The molecule has 208 valence electrons. The van der Waals surface area contributed by atoms with Crippen molar-refractivity contribution in [3.05, 3.63) is 115 Å². The van der Waals surface area contributed by atoms with Crippen molar-refractivity contribution in [3.63, 3.8) is 0 Å². The summed E-state index contributed by atoms with van der Waals surface area (Å²) in [5.41, 5.74) is 6.08. The van der Waals surface area contributed by atoms with E-state index < -0.39 is 18.3 Å². The van der Waals surface area contributed by atoms with Crippen molar-refractivity contribution in [2.75, 3.05) is 0 Å². The van der Waals surface area contributed by atoms with Gasteiger partial charge in [-0.1, -0.05) is 84.9 Å². The third kappa shape index (κ3) is 4.23. The Bertz CT molecular complexity index is 2210. The summed E-state index contributed by atoms with van der Waals surface area (Å²) in [7, 11) is -0.445. The summed E-state index contributed by atoms with van der Waals surface area (Å²) < 4.78 is 12.8. The van der Waals surface area contributed by atoms with Gasteiger partial charge in [0.2, 0.25) is 0 Å². The smallest absolute Gasteiger partial charge is 0.399 e. The number of rotatable bonds is 3. The highest BCUT2D eigenvalue weighted by Gasteiger charge is 2.51. The molecule has 4 nitrogen and oxygen atoms in total. The third-order valence-corrected chi connectivity index (χ3v) is 9.27. The molecule has 0 bridgehead atoms. The van der Waals surface area contributed by atoms with Crippen LogP contribution in [0.2, 0.25) is 0 Å². The van der Waals surface area contributed by atoms with Crippen molar-refractivity contribution in [3.8, 4) is 22.5 Å². The highest BCUT2D eigenvalue weighted by atomic mass is 16.7. The first-order valence-electron chi connectivity index (χ1n) is 14.8. The maximum Gasteiger partial charge on any atom is 0.494 e. The van der Waals surface area contributed by atoms with Gasteiger partial charge in [0.1, 0.15) is 0 Å². The molecule has 0 N–H and O–H groups in total. The molecule has 0 unspecified atom stereocenters. The molecule has 2 aromatic heterocycles. The highest BCUT2D eigenvalue weighted by Crippen LogP contribution is 2.39. The van der Waals surface area contributed by atoms with Crippen molar-refractivity contribution in [2.24, 2.45) is 0 Å². The van der Waals surface area contributed by atoms with Gasteiger partial charge in [-0.05, 0) is 79.6 Å². The molecule has 1 saturated heterocycles. The van der Waals surface area contributed by atoms with E-state index in [-0.39, 0.29) is 0 Å². The molecule has 1 aliphatic heterocycles. The zero-order chi connectivity index (χ0) is 29.3. The maximum absolute atomic E-state index is 6.40. The number of hydrogen-bond acceptors (Lipinski definition) is 4. The SMILES string of the molecule is CC1(C)OB(c2cccc(-c3nc4ccccc4c4ccc5nc(-c6ccc7ccccc7c6)ccc5c34)c2)OC1(C)C. The van der Waals surface area contributed by atoms with Gasteiger partial charge in [0.05, 0.1) is 33.6 Å². The van der Waals surface area contributed by atoms with E-state index in [0.29, 0.717) is 0 Å². The first-order chi connectivity index (χ1) is 20.8. The Labute approximate surface area is 251 Å². The van der Waals surface area contributed by atoms with Gasteiger partial charge < -0.3 is 9.31 Å². The van der Waals surface area contributed by atoms with Gasteiger partial charge in [-0.2, -0.15) is 0 Å². The monoisotopic (exact) mass is 558 g/mol. The van der Waals surface area contributed by atoms with Gasteiger partial charge >= 0.3 is 7.12 Å². The van der Waals surface area contributed by atoms with Crippen LogP contribution in [0.3, 0.4) is 0 Å². The van der Waals surface area contributed by atoms with Crippen molar-refractivity contribution >= 4 is 55.9 Å². The van der Waals surface area contributed by atoms with Crippen LogP contribution in [0, 0.1) is 0 Å². The van der Waals surface area contributed by atoms with Gasteiger partial charge in [0.25, 0.3) is 0 Å². The average molecular weight is 558 g/mol. The molecule has 5 heteroatoms. The molecule has 43 heavy (non-hydrogen) atoms. The molecular weight excluding hydrogens is 527 g/mol. The molecule has 5 aromatic carbocycles. The molecular formula is C38H31BN2O2. The fourth-order valence-electron chi connectivity index (χ4n) is 6.19. The second kappa shape index (κ2) is 9.47. The summed E-state index contributed by atoms with van der Waals surface area (Å²) in [6.45, 7) is 8.34. The lowest BCUT2D eigenvalue weighted by Crippen LogP contribution is -2.41. The van der Waals surface area contributed by atoms with Gasteiger partial charge in [-0.25, -0.2) is 9.97 Å². The minimum absolute atomic E-state index is 0.411. The van der Waals surface area contributed by atoms with Crippen molar-refractivity contribution in [2.45, 2.75) is 38.9 Å². The zero-order valence-corrected chi connectivity index (χ0v) is 24.8. The topological polar surface area (TPSA) is 44.2 Å². The average Bonchev–Trinajstić information content (AvgIpc) is 3.26. The predicted octanol–water partition coefficient (Wildman–Crippen LogP) is 8.72. The highest BCUT2D eigenvalue weighted by molar-refractivity contribution is 6.62. The van der Waals surface area contributed by atoms with E-state index in [2.05, 4.69) is 137 Å². The van der Waals surface area contributed by atoms with Gasteiger partial charge in [-0.3, -0.25) is 0 Å². The van der Waals surface area contributed by atoms with Gasteiger partial charge in [0, 0.05) is 27.3 Å². The fourth-order valence-corrected chi connectivity index (χ4v) is 6.19. The van der Waals surface area contributed by atoms with Crippen molar-refractivity contribution in [1.29, 1.82) is 0 Å². The zero-order valence-electron chi connectivity index (χ0n) is 24.8. The predicted molar refractivity (Wildman–Crippen MR) is 179 cm³/mol. The molecule has 0 atom stereocenters. The maximum atomic E-state index is 6.40. The second-order valence-electron chi connectivity index (χ2n) is 12.5. The van der Waals surface area contributed by atoms with E-state index >= 15 is 0 Å². The van der Waals surface area contributed by atoms with E-state index in [1.165, 1.54) is 10.8 Å². The summed E-state index contributed by atoms with van der Waals surface area (Å²) in [6.07, 6.45) is 0. The van der Waals surface area contributed by atoms with Crippen molar-refractivity contribution < 1.29 is 9.31 Å². The van der Waals surface area contributed by atoms with Crippen LogP contribution in [0.15, 0.2) is 115 Å². The first-order valence-corrected chi connectivity index (χ1v) is 14.8. The molecule has 3 heterocycles. The van der Waals surface area contributed by atoms with E-state index in [4.69, 9.17) is 19.3 Å². The molecule has 0 spiro atoms. The van der Waals surface area contributed by atoms with Gasteiger partial charge in [-0.15, -0.1) is 0 Å². The lowest BCUT2D eigenvalue weighted by molar-refractivity contribution is 0.00578. The van der Waals surface area contributed by atoms with Crippen LogP contribution in [-0.2, 0) is 9.31 Å². The van der Waals surface area contributed by atoms with Crippen LogP contribution in [-0.4, -0.2) is 28.3 Å². The Balaban J connectivity index is 1.32. The Morgan fingerprint density at radius 2 is 1.26 bits per heavy atom. The Morgan fingerprint density at radius 3 is 2.09 bits per heavy atom. The number of aromatic nitrogens is 2. The Hall–Kier alpha value is -4.58. The minimum atomic E-state index is -0.445. The van der Waals surface area contributed by atoms with E-state index in [1.54, 1.807) is 0 Å². The lowest BCUT2D eigenvalue weighted by atomic mass is 9.78. The summed E-state index contributed by atoms with van der Waals surface area (Å²) in [4.78, 5) is 10.4. The third-order valence-electron chi connectivity index (χ3n) is 9.27. The first kappa shape index (κ1) is 26.1. The Morgan fingerprint density at radius 1 is 0.535 bits per heavy atom. The molecule has 1 fully saturated rings. The number of hydrogen-bond donors (Lipinski definition) is 0. The van der Waals surface area contributed by atoms with Crippen molar-refractivity contribution in [1.82, 2.24) is 9.97 Å². The number of pyridine rings is 2. The summed E-state index contributed by atoms with van der Waals surface area (Å²) in [5.74, 6) is 0. The Kier molecular flexibility index (Phi) is 5.74. The molecule has 8 rings (SSSR count). The quantitative estimate of drug-likeness (QED) is 0.161. The minimum Gasteiger partial charge on any atom is -0.399 e. The van der Waals surface area contributed by atoms with E-state index in [0.717, 1.165) is 60.6 Å². The van der Waals surface area contributed by atoms with Crippen LogP contribution in [0.25, 0.3) is 65.9 Å². The van der Waals surface area contributed by atoms with Crippen LogP contribution >= 0.6 is 0 Å². The van der Waals surface area contributed by atoms with E-state index in [9.17, 15) is 0 Å². The van der Waals surface area contributed by atoms with Crippen LogP contribution in [0.5, 0.6) is 0 Å². The second-order valence-corrected chi connectivity index (χ2v) is 12.5. The normalized spacial score (nSPS) is 16.0. The largest absolute Gasteiger partial charge is 0.494 e. The molecule has 0 saturated carbocycles. The fraction of sp³-hybridized carbons (Fsp3) is 0.158. The summed E-state index contributed by atoms with van der Waals surface area (Å²) in [6, 6.07) is 40.4. The molecule has 0 radical (unpaired) electrons. The number of nitrogens with zero attached hydrogens (tertiary/aromatic N) is 2. The summed E-state index contributed by atoms with van der Waals surface area (Å²) >= 11 is 0. The van der Waals surface area contributed by atoms with E-state index in [1.807, 2.05) is 6.07 Å². The number of fused-ring (bicyclic) bond motifs is 6. The number of para-hydroxylation sites is 1. The molecule has 0 amide bonds. The van der Waals surface area contributed by atoms with Crippen LogP contribution in [0.4, 0.5) is 0 Å². The lowest BCUT2D eigenvalue weighted by Gasteiger charge is -2.32. The molecule has 1 aliphatic rings. The number of benzene rings is 5. The standard InChI is InChI=1S/C38H31BN2O2/c1-37(2)38(3,4)43-39(42-37)28-13-9-12-27(23-28)36-35-30(29-14-7-8-15-33(29)41-36)18-21-34-31(35)19-20-32(40-34)26-17-16-24-10-5-6-11-25(24)22-26/h5-23H,1-4H3. The van der Waals surface area contributed by atoms with Crippen LogP contribution in [0.1, 0.15) is 27.7 Å².